The first-order valence-corrected chi connectivity index (χ1v) is 5.59. The summed E-state index contributed by atoms with van der Waals surface area (Å²) in [6.07, 6.45) is 3.69. The molecule has 0 radical (unpaired) electrons. The van der Waals surface area contributed by atoms with Crippen molar-refractivity contribution in [2.45, 2.75) is 25.2 Å². The number of nitrogens with two attached hydrogens (primary N) is 1. The van der Waals surface area contributed by atoms with E-state index in [4.69, 9.17) is 5.73 Å². The summed E-state index contributed by atoms with van der Waals surface area (Å²) >= 11 is 3.62. The average molecular weight is 240 g/mol. The van der Waals surface area contributed by atoms with Gasteiger partial charge in [-0.1, -0.05) is 28.1 Å². The summed E-state index contributed by atoms with van der Waals surface area (Å²) in [5.41, 5.74) is 8.31. The Hall–Kier alpha value is -0.340. The van der Waals surface area contributed by atoms with Crippen molar-refractivity contribution in [2.75, 3.05) is 6.54 Å². The fraction of sp³-hybridized carbons (Fsp3) is 0.455. The SMILES string of the molecule is NCCc1ccc(C2CC2)c(Br)c1. The molecule has 1 aromatic carbocycles. The van der Waals surface area contributed by atoms with Gasteiger partial charge >= 0.3 is 0 Å². The highest BCUT2D eigenvalue weighted by Gasteiger charge is 2.25. The zero-order valence-corrected chi connectivity index (χ0v) is 9.18. The van der Waals surface area contributed by atoms with Gasteiger partial charge in [0.1, 0.15) is 0 Å². The van der Waals surface area contributed by atoms with Crippen LogP contribution in [0.15, 0.2) is 22.7 Å². The van der Waals surface area contributed by atoms with Crippen LogP contribution in [-0.4, -0.2) is 6.54 Å². The standard InChI is InChI=1S/C11H14BrN/c12-11-7-8(5-6-13)1-4-10(11)9-2-3-9/h1,4,7,9H,2-3,5-6,13H2. The van der Waals surface area contributed by atoms with Gasteiger partial charge in [0, 0.05) is 4.47 Å². The van der Waals surface area contributed by atoms with Gasteiger partial charge in [0.15, 0.2) is 0 Å². The lowest BCUT2D eigenvalue weighted by atomic mass is 10.1. The molecule has 2 N–H and O–H groups in total. The Balaban J connectivity index is 2.21. The topological polar surface area (TPSA) is 26.0 Å². The van der Waals surface area contributed by atoms with Gasteiger partial charge < -0.3 is 5.73 Å². The smallest absolute Gasteiger partial charge is 0.0212 e. The van der Waals surface area contributed by atoms with E-state index in [9.17, 15) is 0 Å². The molecule has 1 fully saturated rings. The van der Waals surface area contributed by atoms with Crippen molar-refractivity contribution in [2.24, 2.45) is 5.73 Å². The van der Waals surface area contributed by atoms with Crippen molar-refractivity contribution >= 4 is 15.9 Å². The molecule has 0 bridgehead atoms. The van der Waals surface area contributed by atoms with Gasteiger partial charge in [-0.15, -0.1) is 0 Å². The quantitative estimate of drug-likeness (QED) is 0.863. The van der Waals surface area contributed by atoms with Crippen molar-refractivity contribution < 1.29 is 0 Å². The minimum Gasteiger partial charge on any atom is -0.330 e. The first kappa shape index (κ1) is 9.22. The van der Waals surface area contributed by atoms with E-state index in [2.05, 4.69) is 34.1 Å². The van der Waals surface area contributed by atoms with Gasteiger partial charge in [-0.25, -0.2) is 0 Å². The number of hydrogen-bond donors (Lipinski definition) is 1. The number of hydrogen-bond acceptors (Lipinski definition) is 1. The van der Waals surface area contributed by atoms with E-state index in [1.165, 1.54) is 28.4 Å². The maximum absolute atomic E-state index is 5.51. The predicted octanol–water partition coefficient (Wildman–Crippen LogP) is 2.83. The normalized spacial score (nSPS) is 16.2. The Morgan fingerprint density at radius 2 is 2.15 bits per heavy atom. The largest absolute Gasteiger partial charge is 0.330 e. The molecular formula is C11H14BrN. The Kier molecular flexibility index (Phi) is 2.70. The van der Waals surface area contributed by atoms with E-state index in [0.717, 1.165) is 18.9 Å². The molecule has 0 atom stereocenters. The van der Waals surface area contributed by atoms with E-state index < -0.39 is 0 Å². The van der Waals surface area contributed by atoms with Crippen LogP contribution in [0.4, 0.5) is 0 Å². The third-order valence-electron chi connectivity index (χ3n) is 2.52. The minimum atomic E-state index is 0.731. The van der Waals surface area contributed by atoms with Gasteiger partial charge in [-0.3, -0.25) is 0 Å². The molecule has 0 aromatic heterocycles. The molecule has 0 heterocycles. The van der Waals surface area contributed by atoms with Crippen LogP contribution in [0.1, 0.15) is 29.9 Å². The van der Waals surface area contributed by atoms with Crippen molar-refractivity contribution in [3.05, 3.63) is 33.8 Å². The second-order valence-electron chi connectivity index (χ2n) is 3.67. The van der Waals surface area contributed by atoms with Gasteiger partial charge in [0.05, 0.1) is 0 Å². The van der Waals surface area contributed by atoms with Gasteiger partial charge in [0.25, 0.3) is 0 Å². The Morgan fingerprint density at radius 1 is 1.38 bits per heavy atom. The summed E-state index contributed by atoms with van der Waals surface area (Å²) in [5.74, 6) is 0.821. The molecule has 70 valence electrons. The third-order valence-corrected chi connectivity index (χ3v) is 3.20. The highest BCUT2D eigenvalue weighted by molar-refractivity contribution is 9.10. The highest BCUT2D eigenvalue weighted by atomic mass is 79.9. The molecule has 0 aliphatic heterocycles. The van der Waals surface area contributed by atoms with Gasteiger partial charge in [-0.05, 0) is 48.9 Å². The molecule has 2 rings (SSSR count). The molecule has 0 unspecified atom stereocenters. The number of benzene rings is 1. The maximum atomic E-state index is 5.51. The molecule has 0 saturated heterocycles. The number of halogens is 1. The van der Waals surface area contributed by atoms with Crippen LogP contribution in [0, 0.1) is 0 Å². The summed E-state index contributed by atoms with van der Waals surface area (Å²) in [7, 11) is 0. The van der Waals surface area contributed by atoms with Crippen LogP contribution in [0.3, 0.4) is 0 Å². The second-order valence-corrected chi connectivity index (χ2v) is 4.52. The van der Waals surface area contributed by atoms with Crippen molar-refractivity contribution in [3.63, 3.8) is 0 Å². The average Bonchev–Trinajstić information content (AvgIpc) is 2.88. The van der Waals surface area contributed by atoms with Crippen LogP contribution >= 0.6 is 15.9 Å². The van der Waals surface area contributed by atoms with Gasteiger partial charge in [0.2, 0.25) is 0 Å². The Labute approximate surface area is 87.5 Å². The van der Waals surface area contributed by atoms with Crippen LogP contribution < -0.4 is 5.73 Å². The van der Waals surface area contributed by atoms with Gasteiger partial charge in [-0.2, -0.15) is 0 Å². The molecule has 1 aliphatic carbocycles. The van der Waals surface area contributed by atoms with E-state index >= 15 is 0 Å². The first-order valence-electron chi connectivity index (χ1n) is 4.79. The first-order chi connectivity index (χ1) is 6.31. The Bertz CT molecular complexity index is 305. The number of rotatable bonds is 3. The van der Waals surface area contributed by atoms with Crippen LogP contribution in [-0.2, 0) is 6.42 Å². The predicted molar refractivity (Wildman–Crippen MR) is 58.9 cm³/mol. The minimum absolute atomic E-state index is 0.731. The van der Waals surface area contributed by atoms with Crippen molar-refractivity contribution in [1.29, 1.82) is 0 Å². The highest BCUT2D eigenvalue weighted by Crippen LogP contribution is 2.43. The lowest BCUT2D eigenvalue weighted by molar-refractivity contribution is 0.963. The van der Waals surface area contributed by atoms with Crippen LogP contribution in [0.25, 0.3) is 0 Å². The van der Waals surface area contributed by atoms with E-state index in [0.29, 0.717) is 0 Å². The zero-order valence-electron chi connectivity index (χ0n) is 7.59. The molecule has 13 heavy (non-hydrogen) atoms. The molecule has 1 aliphatic rings. The zero-order chi connectivity index (χ0) is 9.26. The second kappa shape index (κ2) is 3.81. The third kappa shape index (κ3) is 2.12. The summed E-state index contributed by atoms with van der Waals surface area (Å²) in [4.78, 5) is 0. The molecule has 0 spiro atoms. The van der Waals surface area contributed by atoms with E-state index in [-0.39, 0.29) is 0 Å². The van der Waals surface area contributed by atoms with Crippen molar-refractivity contribution in [1.82, 2.24) is 0 Å². The monoisotopic (exact) mass is 239 g/mol. The molecule has 2 heteroatoms. The molecule has 1 aromatic rings. The summed E-state index contributed by atoms with van der Waals surface area (Å²) in [6.45, 7) is 0.731. The lowest BCUT2D eigenvalue weighted by Gasteiger charge is -2.05. The molecule has 0 amide bonds. The van der Waals surface area contributed by atoms with E-state index in [1.807, 2.05) is 0 Å². The van der Waals surface area contributed by atoms with Crippen molar-refractivity contribution in [3.8, 4) is 0 Å². The van der Waals surface area contributed by atoms with E-state index in [1.54, 1.807) is 0 Å². The van der Waals surface area contributed by atoms with Crippen LogP contribution in [0.2, 0.25) is 0 Å². The summed E-state index contributed by atoms with van der Waals surface area (Å²) in [5, 5.41) is 0. The molecule has 1 nitrogen and oxygen atoms in total. The Morgan fingerprint density at radius 3 is 2.69 bits per heavy atom. The fourth-order valence-corrected chi connectivity index (χ4v) is 2.37. The maximum Gasteiger partial charge on any atom is 0.0212 e. The summed E-state index contributed by atoms with van der Waals surface area (Å²) < 4.78 is 1.26. The summed E-state index contributed by atoms with van der Waals surface area (Å²) in [6, 6.07) is 6.65. The lowest BCUT2D eigenvalue weighted by Crippen LogP contribution is -2.02. The molecule has 1 saturated carbocycles. The van der Waals surface area contributed by atoms with Crippen LogP contribution in [0.5, 0.6) is 0 Å². The molecular weight excluding hydrogens is 226 g/mol. The fourth-order valence-electron chi connectivity index (χ4n) is 1.62.